The highest BCUT2D eigenvalue weighted by molar-refractivity contribution is 9.11. The first kappa shape index (κ1) is 19.2. The lowest BCUT2D eigenvalue weighted by atomic mass is 10.3. The van der Waals surface area contributed by atoms with Gasteiger partial charge in [0.1, 0.15) is 0 Å². The van der Waals surface area contributed by atoms with E-state index in [0.717, 1.165) is 36.1 Å². The molecular formula is C21H18Br2N4S. The first-order valence-corrected chi connectivity index (χ1v) is 10.8. The molecule has 4 nitrogen and oxygen atoms in total. The van der Waals surface area contributed by atoms with Crippen LogP contribution in [0.5, 0.6) is 0 Å². The monoisotopic (exact) mass is 516 g/mol. The van der Waals surface area contributed by atoms with Crippen molar-refractivity contribution in [3.05, 3.63) is 86.5 Å². The number of nitrogens with one attached hydrogen (secondary N) is 2. The summed E-state index contributed by atoms with van der Waals surface area (Å²) < 4.78 is 7.06. The standard InChI is InChI=1S/C21H18Br2N4S/c22-15-7-1-3-9-17(15)24-13-26-19-11-5-6-12-20(19)27(21(26)28)14-25-18-10-4-2-8-16(18)23/h1-12,24-25H,13-14H2. The van der Waals surface area contributed by atoms with Crippen molar-refractivity contribution < 1.29 is 0 Å². The van der Waals surface area contributed by atoms with Crippen molar-refractivity contribution in [3.8, 4) is 0 Å². The van der Waals surface area contributed by atoms with Crippen LogP contribution in [0.4, 0.5) is 11.4 Å². The van der Waals surface area contributed by atoms with Gasteiger partial charge in [0.15, 0.2) is 4.77 Å². The molecule has 7 heteroatoms. The lowest BCUT2D eigenvalue weighted by Gasteiger charge is -2.11. The van der Waals surface area contributed by atoms with E-state index in [1.54, 1.807) is 0 Å². The molecule has 0 fully saturated rings. The van der Waals surface area contributed by atoms with E-state index >= 15 is 0 Å². The van der Waals surface area contributed by atoms with Crippen LogP contribution < -0.4 is 10.6 Å². The van der Waals surface area contributed by atoms with E-state index in [1.165, 1.54) is 0 Å². The van der Waals surface area contributed by atoms with Crippen LogP contribution in [0, 0.1) is 4.77 Å². The molecule has 142 valence electrons. The second-order valence-electron chi connectivity index (χ2n) is 6.26. The molecule has 0 amide bonds. The molecule has 0 radical (unpaired) electrons. The van der Waals surface area contributed by atoms with Crippen LogP contribution in [0.3, 0.4) is 0 Å². The van der Waals surface area contributed by atoms with E-state index in [9.17, 15) is 0 Å². The van der Waals surface area contributed by atoms with Crippen LogP contribution in [-0.4, -0.2) is 9.13 Å². The molecular weight excluding hydrogens is 500 g/mol. The maximum atomic E-state index is 5.81. The van der Waals surface area contributed by atoms with Gasteiger partial charge in [0.2, 0.25) is 0 Å². The number of rotatable bonds is 6. The topological polar surface area (TPSA) is 33.9 Å². The van der Waals surface area contributed by atoms with Gasteiger partial charge in [0.25, 0.3) is 0 Å². The molecule has 0 bridgehead atoms. The Morgan fingerprint density at radius 3 is 1.46 bits per heavy atom. The van der Waals surface area contributed by atoms with E-state index in [4.69, 9.17) is 12.2 Å². The molecule has 0 aliphatic heterocycles. The van der Waals surface area contributed by atoms with Crippen LogP contribution in [0.25, 0.3) is 11.0 Å². The summed E-state index contributed by atoms with van der Waals surface area (Å²) >= 11 is 13.0. The predicted molar refractivity (Wildman–Crippen MR) is 126 cm³/mol. The minimum atomic E-state index is 0.587. The molecule has 0 aliphatic carbocycles. The Labute approximate surface area is 185 Å². The normalized spacial score (nSPS) is 10.9. The highest BCUT2D eigenvalue weighted by atomic mass is 79.9. The average Bonchev–Trinajstić information content (AvgIpc) is 2.98. The molecule has 3 aromatic carbocycles. The zero-order valence-electron chi connectivity index (χ0n) is 14.9. The van der Waals surface area contributed by atoms with Gasteiger partial charge in [-0.25, -0.2) is 0 Å². The molecule has 0 saturated heterocycles. The second-order valence-corrected chi connectivity index (χ2v) is 8.33. The van der Waals surface area contributed by atoms with Crippen molar-refractivity contribution in [2.45, 2.75) is 13.3 Å². The number of imidazole rings is 1. The summed E-state index contributed by atoms with van der Waals surface area (Å²) in [4.78, 5) is 0. The van der Waals surface area contributed by atoms with Gasteiger partial charge in [0.05, 0.1) is 24.4 Å². The number of anilines is 2. The van der Waals surface area contributed by atoms with Gasteiger partial charge in [-0.05, 0) is 80.5 Å². The van der Waals surface area contributed by atoms with E-state index < -0.39 is 0 Å². The fourth-order valence-electron chi connectivity index (χ4n) is 3.12. The number of hydrogen-bond acceptors (Lipinski definition) is 3. The highest BCUT2D eigenvalue weighted by Crippen LogP contribution is 2.24. The number of halogens is 2. The lowest BCUT2D eigenvalue weighted by molar-refractivity contribution is 0.709. The van der Waals surface area contributed by atoms with Gasteiger partial charge in [-0.2, -0.15) is 0 Å². The van der Waals surface area contributed by atoms with Gasteiger partial charge in [-0.3, -0.25) is 9.13 Å². The van der Waals surface area contributed by atoms with Crippen molar-refractivity contribution in [1.82, 2.24) is 9.13 Å². The van der Waals surface area contributed by atoms with Crippen LogP contribution in [0.15, 0.2) is 81.7 Å². The maximum absolute atomic E-state index is 5.81. The summed E-state index contributed by atoms with van der Waals surface area (Å²) in [7, 11) is 0. The third kappa shape index (κ3) is 3.87. The Bertz CT molecular complexity index is 1090. The first-order chi connectivity index (χ1) is 13.6. The van der Waals surface area contributed by atoms with Crippen molar-refractivity contribution in [2.75, 3.05) is 10.6 Å². The van der Waals surface area contributed by atoms with Gasteiger partial charge < -0.3 is 10.6 Å². The molecule has 4 aromatic rings. The number of hydrogen-bond donors (Lipinski definition) is 2. The number of nitrogens with zero attached hydrogens (tertiary/aromatic N) is 2. The predicted octanol–water partition coefficient (Wildman–Crippen LogP) is 6.84. The molecule has 0 saturated carbocycles. The Morgan fingerprint density at radius 1 is 0.643 bits per heavy atom. The Balaban J connectivity index is 1.65. The molecule has 0 unspecified atom stereocenters. The Hall–Kier alpha value is -2.09. The van der Waals surface area contributed by atoms with Gasteiger partial charge in [-0.15, -0.1) is 0 Å². The lowest BCUT2D eigenvalue weighted by Crippen LogP contribution is -2.12. The molecule has 0 spiro atoms. The largest absolute Gasteiger partial charge is 0.366 e. The van der Waals surface area contributed by atoms with E-state index in [0.29, 0.717) is 13.3 Å². The van der Waals surface area contributed by atoms with Crippen LogP contribution in [-0.2, 0) is 13.3 Å². The molecule has 0 aliphatic rings. The number of benzene rings is 3. The summed E-state index contributed by atoms with van der Waals surface area (Å²) in [5.74, 6) is 0. The van der Waals surface area contributed by atoms with E-state index in [2.05, 4.69) is 63.8 Å². The molecule has 1 aromatic heterocycles. The Morgan fingerprint density at radius 2 is 1.04 bits per heavy atom. The zero-order valence-corrected chi connectivity index (χ0v) is 18.9. The van der Waals surface area contributed by atoms with Crippen molar-refractivity contribution in [3.63, 3.8) is 0 Å². The van der Waals surface area contributed by atoms with Gasteiger partial charge in [-0.1, -0.05) is 36.4 Å². The van der Waals surface area contributed by atoms with E-state index in [1.807, 2.05) is 60.7 Å². The van der Waals surface area contributed by atoms with E-state index in [-0.39, 0.29) is 0 Å². The van der Waals surface area contributed by atoms with Crippen LogP contribution in [0.1, 0.15) is 0 Å². The minimum absolute atomic E-state index is 0.587. The minimum Gasteiger partial charge on any atom is -0.366 e. The third-order valence-corrected chi connectivity index (χ3v) is 6.35. The zero-order chi connectivity index (χ0) is 19.5. The SMILES string of the molecule is S=c1n(CNc2ccccc2Br)c2ccccc2n1CNc1ccccc1Br. The van der Waals surface area contributed by atoms with Crippen LogP contribution >= 0.6 is 44.1 Å². The first-order valence-electron chi connectivity index (χ1n) is 8.80. The second kappa shape index (κ2) is 8.51. The summed E-state index contributed by atoms with van der Waals surface area (Å²) in [6.45, 7) is 1.17. The fourth-order valence-corrected chi connectivity index (χ4v) is 4.29. The molecule has 0 atom stereocenters. The summed E-state index contributed by atoms with van der Waals surface area (Å²) in [5.41, 5.74) is 4.27. The molecule has 2 N–H and O–H groups in total. The summed E-state index contributed by atoms with van der Waals surface area (Å²) in [6.07, 6.45) is 0. The molecule has 4 rings (SSSR count). The quantitative estimate of drug-likeness (QED) is 0.275. The number of para-hydroxylation sites is 4. The fraction of sp³-hybridized carbons (Fsp3) is 0.0952. The van der Waals surface area contributed by atoms with Crippen molar-refractivity contribution in [2.24, 2.45) is 0 Å². The smallest absolute Gasteiger partial charge is 0.183 e. The maximum Gasteiger partial charge on any atom is 0.183 e. The van der Waals surface area contributed by atoms with Crippen molar-refractivity contribution in [1.29, 1.82) is 0 Å². The summed E-state index contributed by atoms with van der Waals surface area (Å²) in [5, 5.41) is 6.93. The third-order valence-electron chi connectivity index (χ3n) is 4.53. The van der Waals surface area contributed by atoms with Gasteiger partial charge >= 0.3 is 0 Å². The van der Waals surface area contributed by atoms with Gasteiger partial charge in [0, 0.05) is 20.3 Å². The molecule has 28 heavy (non-hydrogen) atoms. The average molecular weight is 518 g/mol. The summed E-state index contributed by atoms with van der Waals surface area (Å²) in [6, 6.07) is 24.4. The Kier molecular flexibility index (Phi) is 5.85. The molecule has 1 heterocycles. The van der Waals surface area contributed by atoms with Crippen molar-refractivity contribution >= 4 is 66.5 Å². The van der Waals surface area contributed by atoms with Crippen LogP contribution in [0.2, 0.25) is 0 Å². The number of aromatic nitrogens is 2. The highest BCUT2D eigenvalue weighted by Gasteiger charge is 2.11. The number of fused-ring (bicyclic) bond motifs is 1.